The number of nitrogens with zero attached hydrogens (tertiary/aromatic N) is 2. The minimum absolute atomic E-state index is 0.00974. The van der Waals surface area contributed by atoms with E-state index in [2.05, 4.69) is 0 Å². The fraction of sp³-hybridized carbons (Fsp3) is 0.360. The molecule has 1 heterocycles. The van der Waals surface area contributed by atoms with Crippen LogP contribution < -0.4 is 4.74 Å². The van der Waals surface area contributed by atoms with Crippen molar-refractivity contribution >= 4 is 11.8 Å². The smallest absolute Gasteiger partial charge is 0.243 e. The average Bonchev–Trinajstić information content (AvgIpc) is 2.78. The van der Waals surface area contributed by atoms with Gasteiger partial charge in [-0.05, 0) is 41.8 Å². The predicted octanol–water partition coefficient (Wildman–Crippen LogP) is 4.49. The Morgan fingerprint density at radius 2 is 1.84 bits per heavy atom. The van der Waals surface area contributed by atoms with Gasteiger partial charge in [0.05, 0.1) is 13.2 Å². The lowest BCUT2D eigenvalue weighted by atomic mass is 10.0. The summed E-state index contributed by atoms with van der Waals surface area (Å²) in [5, 5.41) is 0. The summed E-state index contributed by atoms with van der Waals surface area (Å²) >= 11 is 0. The molecule has 5 nitrogen and oxygen atoms in total. The molecule has 164 valence electrons. The molecule has 0 fully saturated rings. The quantitative estimate of drug-likeness (QED) is 0.615. The van der Waals surface area contributed by atoms with E-state index in [0.717, 1.165) is 29.7 Å². The van der Waals surface area contributed by atoms with Gasteiger partial charge in [-0.25, -0.2) is 4.39 Å². The van der Waals surface area contributed by atoms with Crippen molar-refractivity contribution in [3.63, 3.8) is 0 Å². The van der Waals surface area contributed by atoms with E-state index in [4.69, 9.17) is 4.74 Å². The van der Waals surface area contributed by atoms with Gasteiger partial charge in [0, 0.05) is 19.5 Å². The SMILES string of the molecule is CCCCC(=O)N1C/C=C\[C@H](c2ccc(OC)cc2)N(Cc2ccc(F)cc2)C(=O)C1. The zero-order valence-electron chi connectivity index (χ0n) is 18.1. The highest BCUT2D eigenvalue weighted by atomic mass is 19.1. The van der Waals surface area contributed by atoms with E-state index in [-0.39, 0.29) is 30.2 Å². The fourth-order valence-electron chi connectivity index (χ4n) is 3.64. The molecule has 2 aromatic carbocycles. The minimum atomic E-state index is -0.318. The van der Waals surface area contributed by atoms with Gasteiger partial charge in [0.2, 0.25) is 11.8 Å². The number of halogens is 1. The molecule has 0 aromatic heterocycles. The fourth-order valence-corrected chi connectivity index (χ4v) is 3.64. The van der Waals surface area contributed by atoms with E-state index in [9.17, 15) is 14.0 Å². The Morgan fingerprint density at radius 1 is 1.13 bits per heavy atom. The first-order valence-electron chi connectivity index (χ1n) is 10.6. The summed E-state index contributed by atoms with van der Waals surface area (Å²) in [6.45, 7) is 2.79. The topological polar surface area (TPSA) is 49.9 Å². The summed E-state index contributed by atoms with van der Waals surface area (Å²) in [4.78, 5) is 29.2. The molecule has 2 aromatic rings. The second-order valence-corrected chi connectivity index (χ2v) is 7.67. The molecule has 0 saturated carbocycles. The van der Waals surface area contributed by atoms with E-state index in [0.29, 0.717) is 19.5 Å². The van der Waals surface area contributed by atoms with E-state index in [1.54, 1.807) is 29.0 Å². The highest BCUT2D eigenvalue weighted by molar-refractivity contribution is 5.85. The van der Waals surface area contributed by atoms with E-state index in [1.165, 1.54) is 12.1 Å². The molecule has 0 N–H and O–H groups in total. The molecular formula is C25H29FN2O3. The summed E-state index contributed by atoms with van der Waals surface area (Å²) in [5.41, 5.74) is 1.77. The number of hydrogen-bond donors (Lipinski definition) is 0. The van der Waals surface area contributed by atoms with Crippen molar-refractivity contribution in [2.24, 2.45) is 0 Å². The monoisotopic (exact) mass is 424 g/mol. The lowest BCUT2D eigenvalue weighted by molar-refractivity contribution is -0.141. The normalized spacial score (nSPS) is 17.8. The molecule has 1 atom stereocenters. The van der Waals surface area contributed by atoms with Gasteiger partial charge in [-0.2, -0.15) is 0 Å². The number of amides is 2. The first kappa shape index (κ1) is 22.5. The van der Waals surface area contributed by atoms with Crippen molar-refractivity contribution in [3.05, 3.63) is 77.6 Å². The van der Waals surface area contributed by atoms with E-state index >= 15 is 0 Å². The van der Waals surface area contributed by atoms with Gasteiger partial charge in [0.25, 0.3) is 0 Å². The first-order valence-corrected chi connectivity index (χ1v) is 10.6. The highest BCUT2D eigenvalue weighted by Gasteiger charge is 2.28. The molecule has 0 radical (unpaired) electrons. The summed E-state index contributed by atoms with van der Waals surface area (Å²) < 4.78 is 18.6. The molecule has 0 saturated heterocycles. The Kier molecular flexibility index (Phi) is 7.82. The zero-order valence-corrected chi connectivity index (χ0v) is 18.1. The molecule has 31 heavy (non-hydrogen) atoms. The summed E-state index contributed by atoms with van der Waals surface area (Å²) in [5.74, 6) is 0.272. The second kappa shape index (κ2) is 10.8. The van der Waals surface area contributed by atoms with Crippen LogP contribution in [0.4, 0.5) is 4.39 Å². The Labute approximate surface area is 183 Å². The minimum Gasteiger partial charge on any atom is -0.497 e. The molecule has 0 aliphatic carbocycles. The van der Waals surface area contributed by atoms with Crippen LogP contribution in [0.3, 0.4) is 0 Å². The molecule has 0 spiro atoms. The van der Waals surface area contributed by atoms with Gasteiger partial charge < -0.3 is 14.5 Å². The maximum absolute atomic E-state index is 13.4. The number of benzene rings is 2. The summed E-state index contributed by atoms with van der Waals surface area (Å²) in [6, 6.07) is 13.4. The second-order valence-electron chi connectivity index (χ2n) is 7.67. The highest BCUT2D eigenvalue weighted by Crippen LogP contribution is 2.28. The van der Waals surface area contributed by atoms with Crippen molar-refractivity contribution < 1.29 is 18.7 Å². The van der Waals surface area contributed by atoms with Crippen LogP contribution in [0, 0.1) is 5.82 Å². The largest absolute Gasteiger partial charge is 0.497 e. The Balaban J connectivity index is 1.91. The van der Waals surface area contributed by atoms with Crippen molar-refractivity contribution in [2.45, 2.75) is 38.8 Å². The van der Waals surface area contributed by atoms with Gasteiger partial charge in [-0.15, -0.1) is 0 Å². The number of hydrogen-bond acceptors (Lipinski definition) is 3. The first-order chi connectivity index (χ1) is 15.0. The van der Waals surface area contributed by atoms with Crippen LogP contribution in [0.25, 0.3) is 0 Å². The average molecular weight is 425 g/mol. The lowest BCUT2D eigenvalue weighted by Crippen LogP contribution is -2.45. The van der Waals surface area contributed by atoms with Crippen molar-refractivity contribution in [1.82, 2.24) is 9.80 Å². The Bertz CT molecular complexity index is 909. The van der Waals surface area contributed by atoms with Crippen LogP contribution in [-0.2, 0) is 16.1 Å². The number of carbonyl (C=O) groups is 2. The maximum Gasteiger partial charge on any atom is 0.243 e. The van der Waals surface area contributed by atoms with Gasteiger partial charge in [-0.1, -0.05) is 49.8 Å². The van der Waals surface area contributed by atoms with Gasteiger partial charge in [0.1, 0.15) is 18.1 Å². The number of carbonyl (C=O) groups excluding carboxylic acids is 2. The molecule has 1 aliphatic rings. The zero-order chi connectivity index (χ0) is 22.2. The number of unbranched alkanes of at least 4 members (excludes halogenated alkanes) is 1. The van der Waals surface area contributed by atoms with Crippen LogP contribution in [-0.4, -0.2) is 41.8 Å². The van der Waals surface area contributed by atoms with Crippen LogP contribution in [0.15, 0.2) is 60.7 Å². The van der Waals surface area contributed by atoms with Crippen LogP contribution in [0.5, 0.6) is 5.75 Å². The van der Waals surface area contributed by atoms with Crippen LogP contribution >= 0.6 is 0 Å². The molecule has 0 bridgehead atoms. The lowest BCUT2D eigenvalue weighted by Gasteiger charge is -2.34. The van der Waals surface area contributed by atoms with Crippen molar-refractivity contribution in [1.29, 1.82) is 0 Å². The van der Waals surface area contributed by atoms with Gasteiger partial charge in [-0.3, -0.25) is 9.59 Å². The molecule has 2 amide bonds. The molecule has 3 rings (SSSR count). The number of rotatable bonds is 7. The third-order valence-corrected chi connectivity index (χ3v) is 5.45. The molecule has 0 unspecified atom stereocenters. The Morgan fingerprint density at radius 3 is 2.48 bits per heavy atom. The van der Waals surface area contributed by atoms with E-state index < -0.39 is 0 Å². The standard InChI is InChI=1S/C25H29FN2O3/c1-3-4-7-24(29)27-16-5-6-23(20-10-14-22(31-2)15-11-20)28(25(30)18-27)17-19-8-12-21(26)13-9-19/h5-6,8-15,23H,3-4,7,16-18H2,1-2H3/b6-5-/t23-/m1/s1. The summed E-state index contributed by atoms with van der Waals surface area (Å²) in [6.07, 6.45) is 6.09. The molecule has 6 heteroatoms. The Hall–Kier alpha value is -3.15. The van der Waals surface area contributed by atoms with Gasteiger partial charge in [0.15, 0.2) is 0 Å². The van der Waals surface area contributed by atoms with Crippen molar-refractivity contribution in [3.8, 4) is 5.75 Å². The van der Waals surface area contributed by atoms with Crippen LogP contribution in [0.1, 0.15) is 43.4 Å². The maximum atomic E-state index is 13.4. The van der Waals surface area contributed by atoms with Crippen molar-refractivity contribution in [2.75, 3.05) is 20.2 Å². The third kappa shape index (κ3) is 5.94. The third-order valence-electron chi connectivity index (χ3n) is 5.45. The number of methoxy groups -OCH3 is 1. The molecule has 1 aliphatic heterocycles. The summed E-state index contributed by atoms with van der Waals surface area (Å²) in [7, 11) is 1.61. The van der Waals surface area contributed by atoms with E-state index in [1.807, 2.05) is 43.3 Å². The molecular weight excluding hydrogens is 395 g/mol. The number of ether oxygens (including phenoxy) is 1. The predicted molar refractivity (Wildman–Crippen MR) is 118 cm³/mol. The van der Waals surface area contributed by atoms with Crippen LogP contribution in [0.2, 0.25) is 0 Å². The van der Waals surface area contributed by atoms with Gasteiger partial charge >= 0.3 is 0 Å².